The Labute approximate surface area is 150 Å². The SMILES string of the molecule is Cc1cccc(C(=O)NCC(=O)Nc2ccc3c(c2)NC(=O)C(C)O3)c1. The van der Waals surface area contributed by atoms with Crippen LogP contribution in [0.1, 0.15) is 22.8 Å². The molecular weight excluding hydrogens is 334 g/mol. The molecule has 134 valence electrons. The second-order valence-corrected chi connectivity index (χ2v) is 6.06. The fourth-order valence-electron chi connectivity index (χ4n) is 2.54. The monoisotopic (exact) mass is 353 g/mol. The molecule has 0 bridgehead atoms. The molecule has 0 saturated heterocycles. The molecule has 1 unspecified atom stereocenters. The van der Waals surface area contributed by atoms with Crippen molar-refractivity contribution in [3.8, 4) is 5.75 Å². The van der Waals surface area contributed by atoms with Crippen LogP contribution in [0.2, 0.25) is 0 Å². The van der Waals surface area contributed by atoms with E-state index in [1.54, 1.807) is 43.3 Å². The highest BCUT2D eigenvalue weighted by Crippen LogP contribution is 2.32. The Kier molecular flexibility index (Phi) is 4.88. The van der Waals surface area contributed by atoms with E-state index in [1.165, 1.54) is 0 Å². The standard InChI is InChI=1S/C19H19N3O4/c1-11-4-3-5-13(8-11)19(25)20-10-17(23)21-14-6-7-16-15(9-14)22-18(24)12(2)26-16/h3-9,12H,10H2,1-2H3,(H,20,25)(H,21,23)(H,22,24). The summed E-state index contributed by atoms with van der Waals surface area (Å²) in [5, 5.41) is 7.97. The van der Waals surface area contributed by atoms with Gasteiger partial charge in [-0.3, -0.25) is 14.4 Å². The van der Waals surface area contributed by atoms with Crippen LogP contribution in [0, 0.1) is 6.92 Å². The minimum absolute atomic E-state index is 0.163. The molecule has 0 spiro atoms. The van der Waals surface area contributed by atoms with Crippen molar-refractivity contribution in [2.75, 3.05) is 17.2 Å². The smallest absolute Gasteiger partial charge is 0.265 e. The predicted octanol–water partition coefficient (Wildman–Crippen LogP) is 2.08. The maximum Gasteiger partial charge on any atom is 0.265 e. The second-order valence-electron chi connectivity index (χ2n) is 6.06. The van der Waals surface area contributed by atoms with Gasteiger partial charge in [0.05, 0.1) is 12.2 Å². The van der Waals surface area contributed by atoms with Gasteiger partial charge in [-0.2, -0.15) is 0 Å². The molecule has 2 aromatic carbocycles. The first-order valence-corrected chi connectivity index (χ1v) is 8.18. The van der Waals surface area contributed by atoms with Crippen molar-refractivity contribution in [1.29, 1.82) is 0 Å². The predicted molar refractivity (Wildman–Crippen MR) is 97.3 cm³/mol. The van der Waals surface area contributed by atoms with Crippen LogP contribution >= 0.6 is 0 Å². The third-order valence-electron chi connectivity index (χ3n) is 3.88. The van der Waals surface area contributed by atoms with E-state index in [0.717, 1.165) is 5.56 Å². The molecule has 3 N–H and O–H groups in total. The number of nitrogens with one attached hydrogen (secondary N) is 3. The summed E-state index contributed by atoms with van der Waals surface area (Å²) >= 11 is 0. The molecule has 0 saturated carbocycles. The Balaban J connectivity index is 1.58. The van der Waals surface area contributed by atoms with Gasteiger partial charge in [-0.05, 0) is 44.2 Å². The third-order valence-corrected chi connectivity index (χ3v) is 3.88. The summed E-state index contributed by atoms with van der Waals surface area (Å²) in [5.41, 5.74) is 2.46. The van der Waals surface area contributed by atoms with Crippen LogP contribution in [0.3, 0.4) is 0 Å². The molecule has 1 heterocycles. The van der Waals surface area contributed by atoms with Crippen molar-refractivity contribution in [1.82, 2.24) is 5.32 Å². The van der Waals surface area contributed by atoms with Crippen molar-refractivity contribution in [2.45, 2.75) is 20.0 Å². The number of carbonyl (C=O) groups is 3. The molecule has 3 amide bonds. The minimum atomic E-state index is -0.556. The fourth-order valence-corrected chi connectivity index (χ4v) is 2.54. The van der Waals surface area contributed by atoms with E-state index in [1.807, 2.05) is 13.0 Å². The van der Waals surface area contributed by atoms with Gasteiger partial charge in [-0.15, -0.1) is 0 Å². The first kappa shape index (κ1) is 17.5. The van der Waals surface area contributed by atoms with E-state index in [9.17, 15) is 14.4 Å². The van der Waals surface area contributed by atoms with Crippen LogP contribution in [0.25, 0.3) is 0 Å². The Morgan fingerprint density at radius 2 is 2.00 bits per heavy atom. The van der Waals surface area contributed by atoms with Crippen LogP contribution in [-0.4, -0.2) is 30.4 Å². The number of amides is 3. The lowest BCUT2D eigenvalue weighted by Gasteiger charge is -2.23. The van der Waals surface area contributed by atoms with Gasteiger partial charge in [-0.25, -0.2) is 0 Å². The van der Waals surface area contributed by atoms with E-state index in [-0.39, 0.29) is 24.3 Å². The van der Waals surface area contributed by atoms with E-state index in [4.69, 9.17) is 4.74 Å². The molecule has 0 radical (unpaired) electrons. The Bertz CT molecular complexity index is 879. The number of carbonyl (C=O) groups excluding carboxylic acids is 3. The fraction of sp³-hybridized carbons (Fsp3) is 0.211. The van der Waals surface area contributed by atoms with E-state index in [2.05, 4.69) is 16.0 Å². The summed E-state index contributed by atoms with van der Waals surface area (Å²) < 4.78 is 5.46. The minimum Gasteiger partial charge on any atom is -0.479 e. The largest absolute Gasteiger partial charge is 0.479 e. The maximum atomic E-state index is 12.1. The summed E-state index contributed by atoms with van der Waals surface area (Å²) in [7, 11) is 0. The Hall–Kier alpha value is -3.35. The number of hydrogen-bond acceptors (Lipinski definition) is 4. The summed E-state index contributed by atoms with van der Waals surface area (Å²) in [6.07, 6.45) is -0.556. The van der Waals surface area contributed by atoms with Crippen LogP contribution in [0.15, 0.2) is 42.5 Å². The van der Waals surface area contributed by atoms with Crippen molar-refractivity contribution in [2.24, 2.45) is 0 Å². The zero-order valence-corrected chi connectivity index (χ0v) is 14.5. The topological polar surface area (TPSA) is 96.5 Å². The Morgan fingerprint density at radius 3 is 2.77 bits per heavy atom. The molecule has 1 aliphatic rings. The average molecular weight is 353 g/mol. The normalized spacial score (nSPS) is 15.3. The molecule has 1 aliphatic heterocycles. The number of hydrogen-bond donors (Lipinski definition) is 3. The highest BCUT2D eigenvalue weighted by Gasteiger charge is 2.23. The molecule has 0 aliphatic carbocycles. The lowest BCUT2D eigenvalue weighted by atomic mass is 10.1. The van der Waals surface area contributed by atoms with Gasteiger partial charge in [0.2, 0.25) is 5.91 Å². The van der Waals surface area contributed by atoms with Crippen molar-refractivity contribution in [3.63, 3.8) is 0 Å². The van der Waals surface area contributed by atoms with Crippen LogP contribution in [0.4, 0.5) is 11.4 Å². The van der Waals surface area contributed by atoms with Crippen LogP contribution < -0.4 is 20.7 Å². The van der Waals surface area contributed by atoms with E-state index < -0.39 is 6.10 Å². The second kappa shape index (κ2) is 7.26. The van der Waals surface area contributed by atoms with Gasteiger partial charge in [0.25, 0.3) is 11.8 Å². The molecule has 0 aromatic heterocycles. The number of fused-ring (bicyclic) bond motifs is 1. The highest BCUT2D eigenvalue weighted by atomic mass is 16.5. The summed E-state index contributed by atoms with van der Waals surface area (Å²) in [6.45, 7) is 3.39. The van der Waals surface area contributed by atoms with Crippen molar-refractivity contribution >= 4 is 29.1 Å². The van der Waals surface area contributed by atoms with Crippen LogP contribution in [-0.2, 0) is 9.59 Å². The number of anilines is 2. The summed E-state index contributed by atoms with van der Waals surface area (Å²) in [4.78, 5) is 35.8. The van der Waals surface area contributed by atoms with Gasteiger partial charge in [0, 0.05) is 11.3 Å². The first-order valence-electron chi connectivity index (χ1n) is 8.18. The van der Waals surface area contributed by atoms with Gasteiger partial charge < -0.3 is 20.7 Å². The maximum absolute atomic E-state index is 12.1. The molecule has 3 rings (SSSR count). The number of aryl methyl sites for hydroxylation is 1. The number of rotatable bonds is 4. The summed E-state index contributed by atoms with van der Waals surface area (Å²) in [5.74, 6) is -0.388. The van der Waals surface area contributed by atoms with Crippen LogP contribution in [0.5, 0.6) is 5.75 Å². The quantitative estimate of drug-likeness (QED) is 0.784. The lowest BCUT2D eigenvalue weighted by Crippen LogP contribution is -2.34. The zero-order chi connectivity index (χ0) is 18.7. The third kappa shape index (κ3) is 4.00. The molecule has 7 heteroatoms. The first-order chi connectivity index (χ1) is 12.4. The van der Waals surface area contributed by atoms with E-state index >= 15 is 0 Å². The summed E-state index contributed by atoms with van der Waals surface area (Å²) in [6, 6.07) is 12.1. The zero-order valence-electron chi connectivity index (χ0n) is 14.5. The van der Waals surface area contributed by atoms with Gasteiger partial charge >= 0.3 is 0 Å². The number of ether oxygens (including phenoxy) is 1. The van der Waals surface area contributed by atoms with Gasteiger partial charge in [0.1, 0.15) is 5.75 Å². The van der Waals surface area contributed by atoms with Crippen molar-refractivity contribution in [3.05, 3.63) is 53.6 Å². The molecule has 2 aromatic rings. The molecule has 7 nitrogen and oxygen atoms in total. The number of benzene rings is 2. The molecule has 26 heavy (non-hydrogen) atoms. The lowest BCUT2D eigenvalue weighted by molar-refractivity contribution is -0.122. The molecular formula is C19H19N3O4. The van der Waals surface area contributed by atoms with E-state index in [0.29, 0.717) is 22.7 Å². The molecule has 0 fully saturated rings. The van der Waals surface area contributed by atoms with Crippen molar-refractivity contribution < 1.29 is 19.1 Å². The Morgan fingerprint density at radius 1 is 1.19 bits per heavy atom. The average Bonchev–Trinajstić information content (AvgIpc) is 2.61. The van der Waals surface area contributed by atoms with Gasteiger partial charge in [0.15, 0.2) is 6.10 Å². The van der Waals surface area contributed by atoms with Gasteiger partial charge in [-0.1, -0.05) is 17.7 Å². The molecule has 1 atom stereocenters. The highest BCUT2D eigenvalue weighted by molar-refractivity contribution is 6.01.